The smallest absolute Gasteiger partial charge is 0.136 e. The zero-order valence-corrected chi connectivity index (χ0v) is 28.4. The summed E-state index contributed by atoms with van der Waals surface area (Å²) in [4.78, 5) is 2.33. The predicted molar refractivity (Wildman–Crippen MR) is 219 cm³/mol. The fraction of sp³-hybridized carbons (Fsp3) is 0. The molecule has 0 radical (unpaired) electrons. The predicted octanol–water partition coefficient (Wildman–Crippen LogP) is 14.3. The summed E-state index contributed by atoms with van der Waals surface area (Å²) in [7, 11) is 0. The van der Waals surface area contributed by atoms with Crippen LogP contribution in [0.3, 0.4) is 0 Å². The molecule has 0 unspecified atom stereocenters. The zero-order chi connectivity index (χ0) is 34.4. The molecule has 0 N–H and O–H groups in total. The average molecular weight is 664 g/mol. The molecule has 0 bridgehead atoms. The molecule has 2 heteroatoms. The minimum atomic E-state index is 0.940. The number of rotatable bonds is 7. The molecule has 0 aliphatic rings. The summed E-state index contributed by atoms with van der Waals surface area (Å²) < 4.78 is 6.21. The van der Waals surface area contributed by atoms with Crippen LogP contribution in [0.25, 0.3) is 77.2 Å². The second-order valence-electron chi connectivity index (χ2n) is 13.3. The van der Waals surface area contributed by atoms with E-state index in [-0.39, 0.29) is 0 Å². The second-order valence-corrected chi connectivity index (χ2v) is 13.3. The number of hydrogen-bond donors (Lipinski definition) is 0. The molecule has 0 atom stereocenters. The van der Waals surface area contributed by atoms with Crippen LogP contribution in [0, 0.1) is 0 Å². The number of nitrogens with zero attached hydrogens (tertiary/aromatic N) is 1. The van der Waals surface area contributed by atoms with Crippen molar-refractivity contribution in [1.29, 1.82) is 0 Å². The van der Waals surface area contributed by atoms with Gasteiger partial charge in [-0.25, -0.2) is 0 Å². The highest BCUT2D eigenvalue weighted by atomic mass is 16.3. The second kappa shape index (κ2) is 12.5. The fourth-order valence-corrected chi connectivity index (χ4v) is 7.66. The third-order valence-corrected chi connectivity index (χ3v) is 10.3. The lowest BCUT2D eigenvalue weighted by Crippen LogP contribution is -2.09. The van der Waals surface area contributed by atoms with Gasteiger partial charge < -0.3 is 9.32 Å². The van der Waals surface area contributed by atoms with E-state index in [4.69, 9.17) is 4.42 Å². The van der Waals surface area contributed by atoms with E-state index in [0.29, 0.717) is 0 Å². The molecule has 52 heavy (non-hydrogen) atoms. The topological polar surface area (TPSA) is 16.4 Å². The SMILES string of the molecule is c1ccc(-c2ccc(N(c3ccc(-c4ccccc4)cc3)c3ccc(-c4ccc(-c5ccc6oc7cccc8ccc5c6c87)cc4)cc3)cc2)cc1. The Kier molecular flexibility index (Phi) is 7.18. The first kappa shape index (κ1) is 30.0. The van der Waals surface area contributed by atoms with Gasteiger partial charge in [-0.05, 0) is 104 Å². The van der Waals surface area contributed by atoms with E-state index in [1.54, 1.807) is 0 Å². The van der Waals surface area contributed by atoms with Gasteiger partial charge in [0.05, 0.1) is 0 Å². The van der Waals surface area contributed by atoms with Crippen molar-refractivity contribution in [3.05, 3.63) is 200 Å². The Morgan fingerprint density at radius 2 is 0.731 bits per heavy atom. The largest absolute Gasteiger partial charge is 0.456 e. The summed E-state index contributed by atoms with van der Waals surface area (Å²) in [6.07, 6.45) is 0. The van der Waals surface area contributed by atoms with Crippen LogP contribution < -0.4 is 4.90 Å². The number of benzene rings is 9. The third-order valence-electron chi connectivity index (χ3n) is 10.3. The quantitative estimate of drug-likeness (QED) is 0.158. The maximum absolute atomic E-state index is 6.21. The van der Waals surface area contributed by atoms with Crippen LogP contribution in [0.5, 0.6) is 0 Å². The van der Waals surface area contributed by atoms with E-state index in [1.807, 2.05) is 0 Å². The molecule has 0 amide bonds. The van der Waals surface area contributed by atoms with Crippen molar-refractivity contribution in [2.24, 2.45) is 0 Å². The summed E-state index contributed by atoms with van der Waals surface area (Å²) in [5, 5.41) is 4.86. The van der Waals surface area contributed by atoms with E-state index >= 15 is 0 Å². The van der Waals surface area contributed by atoms with Crippen molar-refractivity contribution in [1.82, 2.24) is 0 Å². The Hall–Kier alpha value is -6.90. The molecule has 0 aliphatic heterocycles. The minimum absolute atomic E-state index is 0.940. The molecule has 1 heterocycles. The summed E-state index contributed by atoms with van der Waals surface area (Å²) in [5.74, 6) is 0. The average Bonchev–Trinajstić information content (AvgIpc) is 3.62. The third kappa shape index (κ3) is 5.21. The monoisotopic (exact) mass is 663 g/mol. The van der Waals surface area contributed by atoms with Crippen LogP contribution in [0.1, 0.15) is 0 Å². The summed E-state index contributed by atoms with van der Waals surface area (Å²) in [6, 6.07) is 71.6. The molecular formula is C50H33NO. The first-order valence-corrected chi connectivity index (χ1v) is 17.8. The summed E-state index contributed by atoms with van der Waals surface area (Å²) in [6.45, 7) is 0. The van der Waals surface area contributed by atoms with Crippen molar-refractivity contribution in [2.45, 2.75) is 0 Å². The van der Waals surface area contributed by atoms with E-state index in [2.05, 4.69) is 205 Å². The highest BCUT2D eigenvalue weighted by molar-refractivity contribution is 6.24. The molecule has 0 fully saturated rings. The molecule has 0 saturated heterocycles. The van der Waals surface area contributed by atoms with Crippen molar-refractivity contribution in [3.63, 3.8) is 0 Å². The summed E-state index contributed by atoms with van der Waals surface area (Å²) >= 11 is 0. The van der Waals surface area contributed by atoms with Crippen LogP contribution in [0.4, 0.5) is 17.1 Å². The molecule has 244 valence electrons. The van der Waals surface area contributed by atoms with E-state index in [9.17, 15) is 0 Å². The molecule has 9 aromatic carbocycles. The molecule has 10 aromatic rings. The first-order valence-electron chi connectivity index (χ1n) is 17.8. The standard InChI is InChI=1S/C50H33NO/c1-3-8-34(9-4-1)37-18-25-42(26-19-37)51(43-27-20-38(21-28-43)35-10-5-2-6-11-35)44-29-22-39(23-30-44)36-14-16-40(17-15-36)45-32-33-48-50-46(45)31-24-41-12-7-13-47(52-48)49(41)50/h1-33H. The van der Waals surface area contributed by atoms with Crippen LogP contribution in [-0.4, -0.2) is 0 Å². The molecule has 10 rings (SSSR count). The number of furan rings is 1. The van der Waals surface area contributed by atoms with Crippen LogP contribution in [0.2, 0.25) is 0 Å². The lowest BCUT2D eigenvalue weighted by molar-refractivity contribution is 0.669. The minimum Gasteiger partial charge on any atom is -0.456 e. The van der Waals surface area contributed by atoms with Crippen molar-refractivity contribution in [3.8, 4) is 44.5 Å². The van der Waals surface area contributed by atoms with Gasteiger partial charge in [-0.15, -0.1) is 0 Å². The van der Waals surface area contributed by atoms with Gasteiger partial charge in [0, 0.05) is 27.8 Å². The number of hydrogen-bond acceptors (Lipinski definition) is 2. The molecule has 2 nitrogen and oxygen atoms in total. The maximum atomic E-state index is 6.21. The molecule has 0 saturated carbocycles. The molecular weight excluding hydrogens is 631 g/mol. The van der Waals surface area contributed by atoms with Gasteiger partial charge in [-0.3, -0.25) is 0 Å². The van der Waals surface area contributed by atoms with Gasteiger partial charge in [-0.2, -0.15) is 0 Å². The van der Waals surface area contributed by atoms with E-state index < -0.39 is 0 Å². The molecule has 0 aliphatic carbocycles. The van der Waals surface area contributed by atoms with Gasteiger partial charge in [0.25, 0.3) is 0 Å². The van der Waals surface area contributed by atoms with Gasteiger partial charge in [0.1, 0.15) is 11.2 Å². The van der Waals surface area contributed by atoms with Crippen molar-refractivity contribution in [2.75, 3.05) is 4.90 Å². The lowest BCUT2D eigenvalue weighted by atomic mass is 9.93. The van der Waals surface area contributed by atoms with Crippen molar-refractivity contribution >= 4 is 49.8 Å². The Bertz CT molecular complexity index is 2700. The van der Waals surface area contributed by atoms with E-state index in [1.165, 1.54) is 66.1 Å². The molecule has 0 spiro atoms. The Morgan fingerprint density at radius 1 is 0.288 bits per heavy atom. The van der Waals surface area contributed by atoms with Gasteiger partial charge in [0.2, 0.25) is 0 Å². The van der Waals surface area contributed by atoms with Crippen LogP contribution >= 0.6 is 0 Å². The first-order chi connectivity index (χ1) is 25.8. The Balaban J connectivity index is 0.978. The lowest BCUT2D eigenvalue weighted by Gasteiger charge is -2.26. The highest BCUT2D eigenvalue weighted by Gasteiger charge is 2.17. The normalized spacial score (nSPS) is 11.5. The van der Waals surface area contributed by atoms with Crippen LogP contribution in [-0.2, 0) is 0 Å². The number of anilines is 3. The van der Waals surface area contributed by atoms with Gasteiger partial charge in [-0.1, -0.05) is 152 Å². The maximum Gasteiger partial charge on any atom is 0.136 e. The Morgan fingerprint density at radius 3 is 1.25 bits per heavy atom. The summed E-state index contributed by atoms with van der Waals surface area (Å²) in [5.41, 5.74) is 14.8. The van der Waals surface area contributed by atoms with E-state index in [0.717, 1.165) is 28.2 Å². The molecule has 1 aromatic heterocycles. The fourth-order valence-electron chi connectivity index (χ4n) is 7.66. The zero-order valence-electron chi connectivity index (χ0n) is 28.4. The van der Waals surface area contributed by atoms with Crippen LogP contribution in [0.15, 0.2) is 205 Å². The van der Waals surface area contributed by atoms with Crippen molar-refractivity contribution < 1.29 is 4.42 Å². The van der Waals surface area contributed by atoms with Gasteiger partial charge >= 0.3 is 0 Å². The highest BCUT2D eigenvalue weighted by Crippen LogP contribution is 2.42. The van der Waals surface area contributed by atoms with Gasteiger partial charge in [0.15, 0.2) is 0 Å². The Labute approximate surface area is 302 Å².